The van der Waals surface area contributed by atoms with Crippen LogP contribution in [0.4, 0.5) is 0 Å². The van der Waals surface area contributed by atoms with E-state index in [9.17, 15) is 10.1 Å². The van der Waals surface area contributed by atoms with Crippen molar-refractivity contribution in [2.45, 2.75) is 6.10 Å². The number of nitro groups is 1. The molecule has 21 heavy (non-hydrogen) atoms. The Morgan fingerprint density at radius 3 is 2.62 bits per heavy atom. The fourth-order valence-corrected chi connectivity index (χ4v) is 2.64. The Hall–Kier alpha value is -2.04. The summed E-state index contributed by atoms with van der Waals surface area (Å²) in [6.07, 6.45) is 0.626. The van der Waals surface area contributed by atoms with Crippen molar-refractivity contribution in [3.8, 4) is 5.75 Å². The van der Waals surface area contributed by atoms with Crippen LogP contribution in [0.3, 0.4) is 0 Å². The van der Waals surface area contributed by atoms with Crippen molar-refractivity contribution in [3.63, 3.8) is 0 Å². The number of benzene rings is 2. The van der Waals surface area contributed by atoms with Gasteiger partial charge in [-0.25, -0.2) is 0 Å². The Morgan fingerprint density at radius 2 is 1.90 bits per heavy atom. The van der Waals surface area contributed by atoms with Gasteiger partial charge >= 0.3 is 0 Å². The van der Waals surface area contributed by atoms with Gasteiger partial charge in [0.15, 0.2) is 0 Å². The SMILES string of the molecule is O=[N+]([O-])C1=Cc2cc(Cl)ccc2O[C@@H]1c1ccccc1Cl. The van der Waals surface area contributed by atoms with E-state index in [-0.39, 0.29) is 5.70 Å². The van der Waals surface area contributed by atoms with Gasteiger partial charge in [0.2, 0.25) is 6.10 Å². The van der Waals surface area contributed by atoms with E-state index in [0.29, 0.717) is 26.9 Å². The second-order valence-corrected chi connectivity index (χ2v) is 5.37. The molecule has 2 aromatic rings. The lowest BCUT2D eigenvalue weighted by Gasteiger charge is -2.23. The van der Waals surface area contributed by atoms with Crippen molar-refractivity contribution < 1.29 is 9.66 Å². The summed E-state index contributed by atoms with van der Waals surface area (Å²) in [6.45, 7) is 0. The molecule has 0 amide bonds. The zero-order chi connectivity index (χ0) is 15.0. The highest BCUT2D eigenvalue weighted by atomic mass is 35.5. The van der Waals surface area contributed by atoms with Crippen molar-refractivity contribution in [2.24, 2.45) is 0 Å². The number of fused-ring (bicyclic) bond motifs is 1. The maximum Gasteiger partial charge on any atom is 0.291 e. The van der Waals surface area contributed by atoms with Crippen LogP contribution in [0.25, 0.3) is 6.08 Å². The first-order valence-electron chi connectivity index (χ1n) is 6.13. The molecule has 1 heterocycles. The van der Waals surface area contributed by atoms with Crippen LogP contribution in [0.15, 0.2) is 48.2 Å². The fourth-order valence-electron chi connectivity index (χ4n) is 2.22. The molecule has 0 aliphatic carbocycles. The van der Waals surface area contributed by atoms with Gasteiger partial charge in [-0.1, -0.05) is 41.4 Å². The Labute approximate surface area is 130 Å². The third kappa shape index (κ3) is 2.60. The zero-order valence-electron chi connectivity index (χ0n) is 10.6. The Kier molecular flexibility index (Phi) is 3.57. The van der Waals surface area contributed by atoms with Crippen molar-refractivity contribution in [3.05, 3.63) is 79.4 Å². The van der Waals surface area contributed by atoms with E-state index in [1.807, 2.05) is 0 Å². The summed E-state index contributed by atoms with van der Waals surface area (Å²) < 4.78 is 5.77. The lowest BCUT2D eigenvalue weighted by molar-refractivity contribution is -0.434. The van der Waals surface area contributed by atoms with Gasteiger partial charge in [-0.3, -0.25) is 10.1 Å². The molecule has 0 bridgehead atoms. The first-order valence-corrected chi connectivity index (χ1v) is 6.88. The number of ether oxygens (including phenoxy) is 1. The molecule has 0 saturated carbocycles. The molecule has 0 radical (unpaired) electrons. The van der Waals surface area contributed by atoms with E-state index in [2.05, 4.69) is 0 Å². The minimum Gasteiger partial charge on any atom is -0.474 e. The van der Waals surface area contributed by atoms with Gasteiger partial charge in [-0.15, -0.1) is 0 Å². The molecule has 0 spiro atoms. The molecule has 0 saturated heterocycles. The molecule has 1 aliphatic rings. The van der Waals surface area contributed by atoms with Gasteiger partial charge in [-0.2, -0.15) is 0 Å². The predicted octanol–water partition coefficient (Wildman–Crippen LogP) is 4.74. The molecular weight excluding hydrogens is 313 g/mol. The maximum absolute atomic E-state index is 11.3. The summed E-state index contributed by atoms with van der Waals surface area (Å²) in [6, 6.07) is 11.9. The topological polar surface area (TPSA) is 52.4 Å². The zero-order valence-corrected chi connectivity index (χ0v) is 12.1. The molecule has 0 aromatic heterocycles. The van der Waals surface area contributed by atoms with Crippen molar-refractivity contribution in [1.29, 1.82) is 0 Å². The van der Waals surface area contributed by atoms with Crippen molar-refractivity contribution in [2.75, 3.05) is 0 Å². The van der Waals surface area contributed by atoms with E-state index in [0.717, 1.165) is 0 Å². The lowest BCUT2D eigenvalue weighted by Crippen LogP contribution is -2.20. The summed E-state index contributed by atoms with van der Waals surface area (Å²) in [4.78, 5) is 10.9. The van der Waals surface area contributed by atoms with Gasteiger partial charge < -0.3 is 4.74 Å². The van der Waals surface area contributed by atoms with Crippen LogP contribution < -0.4 is 4.74 Å². The average molecular weight is 322 g/mol. The van der Waals surface area contributed by atoms with Gasteiger partial charge in [0, 0.05) is 27.2 Å². The number of nitrogens with zero attached hydrogens (tertiary/aromatic N) is 1. The summed E-state index contributed by atoms with van der Waals surface area (Å²) in [5, 5.41) is 12.2. The van der Waals surface area contributed by atoms with Crippen LogP contribution in [0.2, 0.25) is 10.0 Å². The molecule has 1 atom stereocenters. The van der Waals surface area contributed by atoms with Crippen LogP contribution in [-0.4, -0.2) is 4.92 Å². The fraction of sp³-hybridized carbons (Fsp3) is 0.0667. The van der Waals surface area contributed by atoms with Gasteiger partial charge in [0.1, 0.15) is 5.75 Å². The maximum atomic E-state index is 11.3. The number of halogens is 2. The second-order valence-electron chi connectivity index (χ2n) is 4.53. The average Bonchev–Trinajstić information content (AvgIpc) is 2.46. The predicted molar refractivity (Wildman–Crippen MR) is 81.2 cm³/mol. The highest BCUT2D eigenvalue weighted by Crippen LogP contribution is 2.40. The van der Waals surface area contributed by atoms with Crippen molar-refractivity contribution in [1.82, 2.24) is 0 Å². The second kappa shape index (κ2) is 5.39. The Morgan fingerprint density at radius 1 is 1.14 bits per heavy atom. The third-order valence-electron chi connectivity index (χ3n) is 3.19. The Balaban J connectivity index is 2.14. The van der Waals surface area contributed by atoms with E-state index < -0.39 is 11.0 Å². The molecule has 1 aliphatic heterocycles. The quantitative estimate of drug-likeness (QED) is 0.592. The third-order valence-corrected chi connectivity index (χ3v) is 3.77. The first-order chi connectivity index (χ1) is 10.1. The molecule has 3 rings (SSSR count). The minimum atomic E-state index is -0.845. The summed E-state index contributed by atoms with van der Waals surface area (Å²) in [5.41, 5.74) is 1.07. The summed E-state index contributed by atoms with van der Waals surface area (Å²) in [7, 11) is 0. The highest BCUT2D eigenvalue weighted by molar-refractivity contribution is 6.31. The van der Waals surface area contributed by atoms with Gasteiger partial charge in [0.05, 0.1) is 4.92 Å². The lowest BCUT2D eigenvalue weighted by atomic mass is 10.0. The number of rotatable bonds is 2. The van der Waals surface area contributed by atoms with E-state index >= 15 is 0 Å². The van der Waals surface area contributed by atoms with E-state index in [1.54, 1.807) is 42.5 Å². The van der Waals surface area contributed by atoms with Crippen LogP contribution in [0.1, 0.15) is 17.2 Å². The Bertz CT molecular complexity index is 758. The molecule has 0 fully saturated rings. The summed E-state index contributed by atoms with van der Waals surface area (Å²) >= 11 is 12.0. The molecule has 2 aromatic carbocycles. The monoisotopic (exact) mass is 321 g/mol. The molecule has 6 heteroatoms. The van der Waals surface area contributed by atoms with Crippen LogP contribution in [0.5, 0.6) is 5.75 Å². The number of hydrogen-bond acceptors (Lipinski definition) is 3. The van der Waals surface area contributed by atoms with E-state index in [1.165, 1.54) is 6.08 Å². The highest BCUT2D eigenvalue weighted by Gasteiger charge is 2.34. The van der Waals surface area contributed by atoms with Crippen LogP contribution in [0, 0.1) is 10.1 Å². The van der Waals surface area contributed by atoms with Crippen LogP contribution >= 0.6 is 23.2 Å². The molecule has 0 unspecified atom stereocenters. The smallest absolute Gasteiger partial charge is 0.291 e. The number of hydrogen-bond donors (Lipinski definition) is 0. The molecule has 0 N–H and O–H groups in total. The van der Waals surface area contributed by atoms with Crippen LogP contribution in [-0.2, 0) is 0 Å². The van der Waals surface area contributed by atoms with E-state index in [4.69, 9.17) is 27.9 Å². The first kappa shape index (κ1) is 13.9. The molecule has 106 valence electrons. The van der Waals surface area contributed by atoms with Gasteiger partial charge in [0.25, 0.3) is 5.70 Å². The standard InChI is InChI=1S/C15H9Cl2NO3/c16-10-5-6-14-9(7-10)8-13(18(19)20)15(21-14)11-3-1-2-4-12(11)17/h1-8,15H/t15-/m1/s1. The summed E-state index contributed by atoms with van der Waals surface area (Å²) in [5.74, 6) is 0.537. The minimum absolute atomic E-state index is 0.0714. The van der Waals surface area contributed by atoms with Crippen molar-refractivity contribution >= 4 is 29.3 Å². The normalized spacial score (nSPS) is 16.7. The largest absolute Gasteiger partial charge is 0.474 e. The molecular formula is C15H9Cl2NO3. The van der Waals surface area contributed by atoms with Gasteiger partial charge in [-0.05, 0) is 24.3 Å². The molecule has 4 nitrogen and oxygen atoms in total.